The minimum atomic E-state index is -0.0225. The van der Waals surface area contributed by atoms with Crippen molar-refractivity contribution in [3.63, 3.8) is 0 Å². The molecule has 0 spiro atoms. The molecule has 26 heavy (non-hydrogen) atoms. The summed E-state index contributed by atoms with van der Waals surface area (Å²) in [6.07, 6.45) is 2.77. The van der Waals surface area contributed by atoms with Crippen LogP contribution < -0.4 is 10.5 Å². The molecule has 0 aliphatic carbocycles. The first-order valence-electron chi connectivity index (χ1n) is 8.67. The minimum Gasteiger partial charge on any atom is -0.369 e. The fourth-order valence-corrected chi connectivity index (χ4v) is 4.15. The van der Waals surface area contributed by atoms with E-state index in [1.165, 1.54) is 11.3 Å². The zero-order chi connectivity index (χ0) is 17.9. The van der Waals surface area contributed by atoms with Crippen molar-refractivity contribution in [2.75, 3.05) is 31.1 Å². The molecule has 0 atom stereocenters. The van der Waals surface area contributed by atoms with Gasteiger partial charge in [0, 0.05) is 50.4 Å². The van der Waals surface area contributed by atoms with E-state index in [1.807, 2.05) is 29.6 Å². The van der Waals surface area contributed by atoms with E-state index in [9.17, 15) is 10.1 Å². The van der Waals surface area contributed by atoms with Gasteiger partial charge >= 0.3 is 0 Å². The number of hydrogen-bond acceptors (Lipinski definition) is 6. The van der Waals surface area contributed by atoms with Gasteiger partial charge in [0.2, 0.25) is 0 Å². The number of nitrogens with zero attached hydrogens (tertiary/aromatic N) is 5. The topological polar surface area (TPSA) is 64.6 Å². The number of fused-ring (bicyclic) bond motifs is 1. The maximum Gasteiger partial charge on any atom is 0.258 e. The van der Waals surface area contributed by atoms with Gasteiger partial charge < -0.3 is 4.90 Å². The predicted octanol–water partition coefficient (Wildman–Crippen LogP) is 2.34. The molecule has 1 saturated heterocycles. The molecule has 0 bridgehead atoms. The molecule has 3 aromatic rings. The van der Waals surface area contributed by atoms with Gasteiger partial charge in [-0.2, -0.15) is 5.26 Å². The van der Waals surface area contributed by atoms with Crippen molar-refractivity contribution in [1.82, 2.24) is 14.3 Å². The largest absolute Gasteiger partial charge is 0.369 e. The smallest absolute Gasteiger partial charge is 0.258 e. The maximum absolute atomic E-state index is 12.2. The lowest BCUT2D eigenvalue weighted by Crippen LogP contribution is -2.31. The number of thiazole rings is 1. The number of benzene rings is 1. The van der Waals surface area contributed by atoms with Crippen LogP contribution in [-0.4, -0.2) is 40.5 Å². The Labute approximate surface area is 155 Å². The van der Waals surface area contributed by atoms with Crippen LogP contribution in [0, 0.1) is 11.3 Å². The van der Waals surface area contributed by atoms with Crippen molar-refractivity contribution in [3.05, 3.63) is 63.5 Å². The second-order valence-corrected chi connectivity index (χ2v) is 7.26. The third-order valence-corrected chi connectivity index (χ3v) is 5.45. The van der Waals surface area contributed by atoms with Gasteiger partial charge in [0.15, 0.2) is 4.96 Å². The summed E-state index contributed by atoms with van der Waals surface area (Å²) in [7, 11) is 0. The molecule has 0 N–H and O–H groups in total. The Morgan fingerprint density at radius 1 is 1.19 bits per heavy atom. The van der Waals surface area contributed by atoms with Crippen LogP contribution in [-0.2, 0) is 6.54 Å². The number of rotatable bonds is 3. The van der Waals surface area contributed by atoms with E-state index in [1.54, 1.807) is 16.7 Å². The summed E-state index contributed by atoms with van der Waals surface area (Å²) < 4.78 is 1.58. The molecule has 4 rings (SSSR count). The van der Waals surface area contributed by atoms with Crippen molar-refractivity contribution < 1.29 is 0 Å². The standard InChI is InChI=1S/C19H19N5OS/c20-13-15-4-1-2-5-17(15)23-7-3-6-22(8-9-23)14-16-12-18(25)24-10-11-26-19(24)21-16/h1-2,4-5,10-12H,3,6-9,14H2. The van der Waals surface area contributed by atoms with E-state index in [-0.39, 0.29) is 5.56 Å². The second-order valence-electron chi connectivity index (χ2n) is 6.39. The van der Waals surface area contributed by atoms with Crippen molar-refractivity contribution in [2.24, 2.45) is 0 Å². The van der Waals surface area contributed by atoms with E-state index < -0.39 is 0 Å². The minimum absolute atomic E-state index is 0.0225. The monoisotopic (exact) mass is 365 g/mol. The van der Waals surface area contributed by atoms with Gasteiger partial charge in [-0.25, -0.2) is 4.98 Å². The number of para-hydroxylation sites is 1. The van der Waals surface area contributed by atoms with Crippen LogP contribution in [0.15, 0.2) is 46.7 Å². The lowest BCUT2D eigenvalue weighted by molar-refractivity contribution is 0.282. The van der Waals surface area contributed by atoms with Gasteiger partial charge in [0.05, 0.1) is 16.9 Å². The van der Waals surface area contributed by atoms with Gasteiger partial charge in [0.1, 0.15) is 6.07 Å². The molecule has 1 fully saturated rings. The Morgan fingerprint density at radius 3 is 2.96 bits per heavy atom. The fraction of sp³-hybridized carbons (Fsp3) is 0.316. The molecule has 1 aliphatic rings. The number of nitriles is 1. The summed E-state index contributed by atoms with van der Waals surface area (Å²) >= 11 is 1.48. The van der Waals surface area contributed by atoms with Crippen LogP contribution >= 0.6 is 11.3 Å². The van der Waals surface area contributed by atoms with Crippen molar-refractivity contribution in [3.8, 4) is 6.07 Å². The van der Waals surface area contributed by atoms with Crippen LogP contribution in [0.2, 0.25) is 0 Å². The van der Waals surface area contributed by atoms with Crippen molar-refractivity contribution in [1.29, 1.82) is 5.26 Å². The average Bonchev–Trinajstić information content (AvgIpc) is 3.01. The molecule has 0 saturated carbocycles. The number of aromatic nitrogens is 2. The summed E-state index contributed by atoms with van der Waals surface area (Å²) in [4.78, 5) is 22.1. The molecule has 1 aromatic carbocycles. The molecule has 3 heterocycles. The van der Waals surface area contributed by atoms with E-state index >= 15 is 0 Å². The molecule has 2 aromatic heterocycles. The summed E-state index contributed by atoms with van der Waals surface area (Å²) in [6.45, 7) is 4.30. The van der Waals surface area contributed by atoms with Gasteiger partial charge in [-0.1, -0.05) is 12.1 Å². The highest BCUT2D eigenvalue weighted by Crippen LogP contribution is 2.21. The summed E-state index contributed by atoms with van der Waals surface area (Å²) in [5.41, 5.74) is 2.53. The molecular formula is C19H19N5OS. The number of anilines is 1. The summed E-state index contributed by atoms with van der Waals surface area (Å²) in [5.74, 6) is 0. The van der Waals surface area contributed by atoms with Crippen LogP contribution in [0.4, 0.5) is 5.69 Å². The average molecular weight is 365 g/mol. The summed E-state index contributed by atoms with van der Waals surface area (Å²) in [5, 5.41) is 11.2. The van der Waals surface area contributed by atoms with Crippen LogP contribution in [0.1, 0.15) is 17.7 Å². The van der Waals surface area contributed by atoms with Crippen molar-refractivity contribution >= 4 is 22.0 Å². The van der Waals surface area contributed by atoms with Crippen LogP contribution in [0.3, 0.4) is 0 Å². The SMILES string of the molecule is N#Cc1ccccc1N1CCCN(Cc2cc(=O)n3ccsc3n2)CC1. The number of hydrogen-bond donors (Lipinski definition) is 0. The molecule has 132 valence electrons. The lowest BCUT2D eigenvalue weighted by atomic mass is 10.1. The van der Waals surface area contributed by atoms with E-state index in [4.69, 9.17) is 0 Å². The van der Waals surface area contributed by atoms with E-state index in [0.29, 0.717) is 6.54 Å². The predicted molar refractivity (Wildman–Crippen MR) is 103 cm³/mol. The Balaban J connectivity index is 1.48. The zero-order valence-corrected chi connectivity index (χ0v) is 15.2. The summed E-state index contributed by atoms with van der Waals surface area (Å²) in [6, 6.07) is 11.7. The van der Waals surface area contributed by atoms with Crippen LogP contribution in [0.5, 0.6) is 0 Å². The molecule has 0 unspecified atom stereocenters. The molecule has 7 heteroatoms. The normalized spacial score (nSPS) is 15.7. The maximum atomic E-state index is 12.2. The Hall–Kier alpha value is -2.69. The highest BCUT2D eigenvalue weighted by Gasteiger charge is 2.18. The van der Waals surface area contributed by atoms with E-state index in [0.717, 1.165) is 54.5 Å². The first-order chi connectivity index (χ1) is 12.7. The highest BCUT2D eigenvalue weighted by molar-refractivity contribution is 7.15. The molecule has 0 radical (unpaired) electrons. The van der Waals surface area contributed by atoms with Gasteiger partial charge in [-0.3, -0.25) is 14.1 Å². The Kier molecular flexibility index (Phi) is 4.69. The molecule has 6 nitrogen and oxygen atoms in total. The quantitative estimate of drug-likeness (QED) is 0.713. The third kappa shape index (κ3) is 3.34. The molecule has 1 aliphatic heterocycles. The highest BCUT2D eigenvalue weighted by atomic mass is 32.1. The van der Waals surface area contributed by atoms with Gasteiger partial charge in [0.25, 0.3) is 5.56 Å². The Bertz CT molecular complexity index is 1020. The van der Waals surface area contributed by atoms with E-state index in [2.05, 4.69) is 20.9 Å². The second kappa shape index (κ2) is 7.28. The molecular weight excluding hydrogens is 346 g/mol. The first kappa shape index (κ1) is 16.8. The third-order valence-electron chi connectivity index (χ3n) is 4.70. The van der Waals surface area contributed by atoms with Crippen molar-refractivity contribution in [2.45, 2.75) is 13.0 Å². The lowest BCUT2D eigenvalue weighted by Gasteiger charge is -2.24. The van der Waals surface area contributed by atoms with Crippen LogP contribution in [0.25, 0.3) is 4.96 Å². The fourth-order valence-electron chi connectivity index (χ4n) is 3.41. The van der Waals surface area contributed by atoms with Gasteiger partial charge in [-0.05, 0) is 18.6 Å². The first-order valence-corrected chi connectivity index (χ1v) is 9.55. The van der Waals surface area contributed by atoms with Gasteiger partial charge in [-0.15, -0.1) is 11.3 Å². The zero-order valence-electron chi connectivity index (χ0n) is 14.3. The molecule has 0 amide bonds. The Morgan fingerprint density at radius 2 is 2.08 bits per heavy atom.